The number of aromatic amines is 1. The largest absolute Gasteiger partial charge is 0.277 e. The minimum Gasteiger partial charge on any atom is -0.267 e. The van der Waals surface area contributed by atoms with Gasteiger partial charge in [-0.15, -0.1) is 0 Å². The summed E-state index contributed by atoms with van der Waals surface area (Å²) in [6.07, 6.45) is 4.77. The van der Waals surface area contributed by atoms with Gasteiger partial charge in [0.15, 0.2) is 5.16 Å². The molecule has 6 heteroatoms. The van der Waals surface area contributed by atoms with E-state index in [1.165, 1.54) is 16.3 Å². The highest BCUT2D eigenvalue weighted by Crippen LogP contribution is 2.10. The van der Waals surface area contributed by atoms with Crippen LogP contribution in [0.25, 0.3) is 5.78 Å². The number of aromatic nitrogens is 4. The molecule has 0 spiro atoms. The summed E-state index contributed by atoms with van der Waals surface area (Å²) < 4.78 is 1.43. The second-order valence-corrected chi connectivity index (χ2v) is 4.75. The van der Waals surface area contributed by atoms with Crippen LogP contribution < -0.4 is 5.56 Å². The number of fused-ring (bicyclic) bond motifs is 1. The molecule has 2 aromatic rings. The molecule has 92 valence electrons. The van der Waals surface area contributed by atoms with Crippen LogP contribution in [-0.2, 0) is 6.42 Å². The van der Waals surface area contributed by atoms with Crippen molar-refractivity contribution in [2.45, 2.75) is 38.3 Å². The Morgan fingerprint density at radius 2 is 2.18 bits per heavy atom. The van der Waals surface area contributed by atoms with Gasteiger partial charge >= 0.3 is 0 Å². The van der Waals surface area contributed by atoms with Gasteiger partial charge in [0, 0.05) is 5.56 Å². The summed E-state index contributed by atoms with van der Waals surface area (Å²) in [6.45, 7) is 3.99. The zero-order valence-corrected chi connectivity index (χ0v) is 11.1. The van der Waals surface area contributed by atoms with E-state index in [0.717, 1.165) is 30.5 Å². The van der Waals surface area contributed by atoms with Crippen LogP contribution in [0.2, 0.25) is 0 Å². The Morgan fingerprint density at radius 3 is 2.82 bits per heavy atom. The van der Waals surface area contributed by atoms with Crippen molar-refractivity contribution in [2.75, 3.05) is 6.26 Å². The Kier molecular flexibility index (Phi) is 3.51. The van der Waals surface area contributed by atoms with Gasteiger partial charge in [0.1, 0.15) is 0 Å². The van der Waals surface area contributed by atoms with Gasteiger partial charge in [0.05, 0.1) is 5.69 Å². The maximum absolute atomic E-state index is 12.2. The van der Waals surface area contributed by atoms with E-state index in [1.807, 2.05) is 13.2 Å². The normalized spacial score (nSPS) is 11.2. The van der Waals surface area contributed by atoms with Gasteiger partial charge in [0.25, 0.3) is 11.3 Å². The van der Waals surface area contributed by atoms with Crippen LogP contribution in [0.4, 0.5) is 0 Å². The molecule has 5 nitrogen and oxygen atoms in total. The first-order chi connectivity index (χ1) is 8.17. The first-order valence-electron chi connectivity index (χ1n) is 5.69. The van der Waals surface area contributed by atoms with Gasteiger partial charge in [-0.2, -0.15) is 9.50 Å². The Hall–Kier alpha value is -1.30. The number of rotatable bonds is 4. The van der Waals surface area contributed by atoms with Crippen LogP contribution in [0.15, 0.2) is 9.95 Å². The second-order valence-electron chi connectivity index (χ2n) is 3.95. The van der Waals surface area contributed by atoms with Crippen molar-refractivity contribution in [1.29, 1.82) is 0 Å². The molecule has 0 fully saturated rings. The Balaban J connectivity index is 2.57. The molecule has 0 radical (unpaired) electrons. The molecule has 0 aliphatic carbocycles. The Morgan fingerprint density at radius 1 is 1.41 bits per heavy atom. The van der Waals surface area contributed by atoms with Gasteiger partial charge < -0.3 is 0 Å². The summed E-state index contributed by atoms with van der Waals surface area (Å²) in [5.41, 5.74) is 1.57. The van der Waals surface area contributed by atoms with E-state index in [0.29, 0.717) is 10.9 Å². The van der Waals surface area contributed by atoms with E-state index >= 15 is 0 Å². The Labute approximate surface area is 104 Å². The lowest BCUT2D eigenvalue weighted by Crippen LogP contribution is -2.22. The van der Waals surface area contributed by atoms with E-state index in [4.69, 9.17) is 0 Å². The summed E-state index contributed by atoms with van der Waals surface area (Å²) in [4.78, 5) is 20.8. The number of hydrogen-bond donors (Lipinski definition) is 1. The molecule has 1 N–H and O–H groups in total. The number of unbranched alkanes of at least 4 members (excludes halogenated alkanes) is 1. The van der Waals surface area contributed by atoms with Crippen LogP contribution in [0, 0.1) is 6.92 Å². The molecule has 0 aliphatic heterocycles. The molecule has 2 rings (SSSR count). The lowest BCUT2D eigenvalue weighted by Gasteiger charge is -2.03. The topological polar surface area (TPSA) is 63.1 Å². The van der Waals surface area contributed by atoms with Gasteiger partial charge in [-0.25, -0.2) is 4.98 Å². The predicted octanol–water partition coefficient (Wildman–Crippen LogP) is 1.79. The van der Waals surface area contributed by atoms with Crippen LogP contribution in [0.5, 0.6) is 0 Å². The quantitative estimate of drug-likeness (QED) is 0.843. The maximum atomic E-state index is 12.2. The molecule has 2 heterocycles. The van der Waals surface area contributed by atoms with Crippen molar-refractivity contribution in [1.82, 2.24) is 19.6 Å². The third-order valence-corrected chi connectivity index (χ3v) is 3.32. The average Bonchev–Trinajstić information content (AvgIpc) is 2.72. The minimum absolute atomic E-state index is 0.0197. The van der Waals surface area contributed by atoms with Crippen molar-refractivity contribution in [3.8, 4) is 0 Å². The fraction of sp³-hybridized carbons (Fsp3) is 0.545. The average molecular weight is 252 g/mol. The molecule has 17 heavy (non-hydrogen) atoms. The third-order valence-electron chi connectivity index (χ3n) is 2.75. The number of thioether (sulfide) groups is 1. The van der Waals surface area contributed by atoms with Crippen molar-refractivity contribution in [2.24, 2.45) is 0 Å². The van der Waals surface area contributed by atoms with Crippen LogP contribution in [0.3, 0.4) is 0 Å². The minimum atomic E-state index is -0.0197. The van der Waals surface area contributed by atoms with Crippen LogP contribution >= 0.6 is 11.8 Å². The standard InChI is InChI=1S/C11H16N4OS/c1-4-5-6-8-7(2)12-10-13-11(17-3)14-15(10)9(8)16/h4-6H2,1-3H3,(H,12,13,14). The molecular weight excluding hydrogens is 236 g/mol. The van der Waals surface area contributed by atoms with Gasteiger partial charge in [-0.05, 0) is 26.0 Å². The van der Waals surface area contributed by atoms with E-state index in [1.54, 1.807) is 0 Å². The highest BCUT2D eigenvalue weighted by molar-refractivity contribution is 7.98. The fourth-order valence-electron chi connectivity index (χ4n) is 1.77. The van der Waals surface area contributed by atoms with Gasteiger partial charge in [0.2, 0.25) is 0 Å². The molecule has 0 amide bonds. The number of nitrogens with zero attached hydrogens (tertiary/aromatic N) is 3. The predicted molar refractivity (Wildman–Crippen MR) is 68.7 cm³/mol. The Bertz CT molecular complexity index is 587. The van der Waals surface area contributed by atoms with Crippen molar-refractivity contribution in [3.63, 3.8) is 0 Å². The lowest BCUT2D eigenvalue weighted by atomic mass is 10.1. The van der Waals surface area contributed by atoms with Crippen LogP contribution in [0.1, 0.15) is 31.0 Å². The third kappa shape index (κ3) is 2.22. The lowest BCUT2D eigenvalue weighted by molar-refractivity contribution is 0.754. The number of H-pyrrole nitrogens is 1. The van der Waals surface area contributed by atoms with Gasteiger partial charge in [-0.1, -0.05) is 25.1 Å². The van der Waals surface area contributed by atoms with E-state index < -0.39 is 0 Å². The zero-order valence-electron chi connectivity index (χ0n) is 10.3. The summed E-state index contributed by atoms with van der Waals surface area (Å²) in [6, 6.07) is 0. The fourth-order valence-corrected chi connectivity index (χ4v) is 2.12. The highest BCUT2D eigenvalue weighted by atomic mass is 32.2. The summed E-state index contributed by atoms with van der Waals surface area (Å²) in [5.74, 6) is 0.456. The van der Waals surface area contributed by atoms with Crippen molar-refractivity contribution in [3.05, 3.63) is 21.6 Å². The number of nitrogens with one attached hydrogen (secondary N) is 1. The summed E-state index contributed by atoms with van der Waals surface area (Å²) in [7, 11) is 0. The molecule has 0 aromatic carbocycles. The van der Waals surface area contributed by atoms with Crippen molar-refractivity contribution >= 4 is 17.5 Å². The monoisotopic (exact) mass is 252 g/mol. The smallest absolute Gasteiger partial charge is 0.267 e. The van der Waals surface area contributed by atoms with E-state index in [2.05, 4.69) is 22.0 Å². The molecular formula is C11H16N4OS. The second kappa shape index (κ2) is 4.91. The summed E-state index contributed by atoms with van der Waals surface area (Å²) >= 11 is 1.47. The van der Waals surface area contributed by atoms with E-state index in [9.17, 15) is 4.79 Å². The molecule has 2 aromatic heterocycles. The first-order valence-corrected chi connectivity index (χ1v) is 6.92. The van der Waals surface area contributed by atoms with E-state index in [-0.39, 0.29) is 5.56 Å². The molecule has 0 bridgehead atoms. The molecule has 0 saturated carbocycles. The molecule has 0 atom stereocenters. The van der Waals surface area contributed by atoms with Crippen molar-refractivity contribution < 1.29 is 0 Å². The van der Waals surface area contributed by atoms with Crippen LogP contribution in [-0.4, -0.2) is 25.8 Å². The summed E-state index contributed by atoms with van der Waals surface area (Å²) in [5, 5.41) is 3.66. The molecule has 0 unspecified atom stereocenters. The maximum Gasteiger partial charge on any atom is 0.277 e. The number of hydrogen-bond acceptors (Lipinski definition) is 4. The van der Waals surface area contributed by atoms with Gasteiger partial charge in [-0.3, -0.25) is 9.89 Å². The highest BCUT2D eigenvalue weighted by Gasteiger charge is 2.12. The molecule has 0 aliphatic rings. The zero-order chi connectivity index (χ0) is 12.4. The number of aryl methyl sites for hydroxylation is 1. The first kappa shape index (κ1) is 12.2. The SMILES string of the molecule is CCCCc1c(C)nc2nc(SC)[nH]n2c1=O. The molecule has 0 saturated heterocycles.